The summed E-state index contributed by atoms with van der Waals surface area (Å²) in [6.45, 7) is 0. The monoisotopic (exact) mass is 412 g/mol. The molecular weight excluding hydrogens is 392 g/mol. The minimum Gasteiger partial charge on any atom is -0.497 e. The van der Waals surface area contributed by atoms with E-state index in [1.807, 2.05) is 60.8 Å². The molecule has 0 aliphatic heterocycles. The first-order chi connectivity index (χ1) is 15.2. The molecule has 4 aromatic rings. The van der Waals surface area contributed by atoms with Crippen LogP contribution in [0.15, 0.2) is 85.5 Å². The second-order valence-corrected chi connectivity index (χ2v) is 6.51. The molecule has 0 aliphatic carbocycles. The topological polar surface area (TPSA) is 94.0 Å². The molecule has 0 spiro atoms. The highest BCUT2D eigenvalue weighted by molar-refractivity contribution is 6.02. The van der Waals surface area contributed by atoms with E-state index >= 15 is 0 Å². The number of nitrogens with one attached hydrogen (secondary N) is 2. The van der Waals surface area contributed by atoms with Crippen LogP contribution >= 0.6 is 0 Å². The Morgan fingerprint density at radius 2 is 1.81 bits per heavy atom. The molecule has 0 unspecified atom stereocenters. The van der Waals surface area contributed by atoms with Crippen LogP contribution in [0.1, 0.15) is 5.56 Å². The van der Waals surface area contributed by atoms with Gasteiger partial charge in [0.2, 0.25) is 5.91 Å². The molecule has 0 atom stereocenters. The number of methoxy groups -OCH3 is 1. The molecule has 31 heavy (non-hydrogen) atoms. The lowest BCUT2D eigenvalue weighted by molar-refractivity contribution is -0.111. The molecule has 8 nitrogen and oxygen atoms in total. The molecule has 2 heterocycles. The fraction of sp³-hybridized carbons (Fsp3) is 0.0435. The van der Waals surface area contributed by atoms with Crippen molar-refractivity contribution in [3.8, 4) is 11.6 Å². The molecule has 0 saturated heterocycles. The number of hydrogen-bond acceptors (Lipinski definition) is 6. The molecule has 4 rings (SSSR count). The van der Waals surface area contributed by atoms with Crippen LogP contribution in [0, 0.1) is 0 Å². The maximum atomic E-state index is 12.2. The van der Waals surface area contributed by atoms with Crippen molar-refractivity contribution >= 4 is 29.2 Å². The Hall–Kier alpha value is -4.46. The van der Waals surface area contributed by atoms with Crippen LogP contribution in [0.2, 0.25) is 0 Å². The highest BCUT2D eigenvalue weighted by Gasteiger charge is 2.03. The maximum absolute atomic E-state index is 12.2. The van der Waals surface area contributed by atoms with Crippen molar-refractivity contribution in [3.05, 3.63) is 91.0 Å². The third-order valence-electron chi connectivity index (χ3n) is 4.36. The van der Waals surface area contributed by atoms with E-state index in [1.54, 1.807) is 30.1 Å². The summed E-state index contributed by atoms with van der Waals surface area (Å²) in [5.41, 5.74) is 2.43. The van der Waals surface area contributed by atoms with Crippen LogP contribution in [0.25, 0.3) is 11.9 Å². The fourth-order valence-corrected chi connectivity index (χ4v) is 2.80. The summed E-state index contributed by atoms with van der Waals surface area (Å²) >= 11 is 0. The predicted molar refractivity (Wildman–Crippen MR) is 120 cm³/mol. The van der Waals surface area contributed by atoms with Gasteiger partial charge in [0.15, 0.2) is 5.82 Å². The van der Waals surface area contributed by atoms with Gasteiger partial charge in [-0.1, -0.05) is 12.1 Å². The Balaban J connectivity index is 1.35. The highest BCUT2D eigenvalue weighted by atomic mass is 16.5. The lowest BCUT2D eigenvalue weighted by Gasteiger charge is -2.08. The lowest BCUT2D eigenvalue weighted by Crippen LogP contribution is -2.07. The van der Waals surface area contributed by atoms with E-state index in [2.05, 4.69) is 25.7 Å². The molecule has 8 heteroatoms. The molecule has 0 saturated carbocycles. The van der Waals surface area contributed by atoms with Crippen molar-refractivity contribution in [1.29, 1.82) is 0 Å². The van der Waals surface area contributed by atoms with E-state index in [4.69, 9.17) is 4.74 Å². The van der Waals surface area contributed by atoms with Crippen LogP contribution < -0.4 is 15.4 Å². The molecular formula is C23H20N6O2. The quantitative estimate of drug-likeness (QED) is 0.445. The number of ether oxygens (including phenoxy) is 1. The van der Waals surface area contributed by atoms with Crippen LogP contribution in [0.5, 0.6) is 5.75 Å². The Morgan fingerprint density at radius 3 is 2.52 bits per heavy atom. The van der Waals surface area contributed by atoms with Crippen molar-refractivity contribution in [1.82, 2.24) is 19.7 Å². The van der Waals surface area contributed by atoms with E-state index in [0.29, 0.717) is 17.3 Å². The van der Waals surface area contributed by atoms with Gasteiger partial charge in [-0.25, -0.2) is 14.6 Å². The number of benzene rings is 2. The van der Waals surface area contributed by atoms with E-state index in [-0.39, 0.29) is 5.91 Å². The number of aromatic nitrogens is 4. The number of rotatable bonds is 7. The predicted octanol–water partition coefficient (Wildman–Crippen LogP) is 4.07. The van der Waals surface area contributed by atoms with E-state index in [1.165, 1.54) is 12.4 Å². The summed E-state index contributed by atoms with van der Waals surface area (Å²) in [5.74, 6) is 1.86. The Labute approximate surface area is 179 Å². The van der Waals surface area contributed by atoms with Gasteiger partial charge >= 0.3 is 0 Å². The molecule has 2 aromatic heterocycles. The van der Waals surface area contributed by atoms with Gasteiger partial charge in [0.25, 0.3) is 0 Å². The van der Waals surface area contributed by atoms with E-state index in [0.717, 1.165) is 17.0 Å². The third kappa shape index (κ3) is 5.33. The summed E-state index contributed by atoms with van der Waals surface area (Å²) in [6, 6.07) is 18.4. The minimum atomic E-state index is -0.212. The zero-order valence-electron chi connectivity index (χ0n) is 16.8. The number of nitrogens with zero attached hydrogens (tertiary/aromatic N) is 4. The molecule has 1 amide bonds. The third-order valence-corrected chi connectivity index (χ3v) is 4.36. The molecule has 0 bridgehead atoms. The smallest absolute Gasteiger partial charge is 0.248 e. The summed E-state index contributed by atoms with van der Waals surface area (Å²) in [7, 11) is 1.62. The molecule has 0 radical (unpaired) electrons. The highest BCUT2D eigenvalue weighted by Crippen LogP contribution is 2.19. The fourth-order valence-electron chi connectivity index (χ4n) is 2.80. The van der Waals surface area contributed by atoms with E-state index < -0.39 is 0 Å². The largest absolute Gasteiger partial charge is 0.497 e. The van der Waals surface area contributed by atoms with Crippen molar-refractivity contribution in [2.75, 3.05) is 17.7 Å². The van der Waals surface area contributed by atoms with Gasteiger partial charge in [-0.3, -0.25) is 4.79 Å². The summed E-state index contributed by atoms with van der Waals surface area (Å²) in [5, 5.41) is 10.2. The van der Waals surface area contributed by atoms with Gasteiger partial charge < -0.3 is 15.4 Å². The van der Waals surface area contributed by atoms with Crippen LogP contribution in [-0.2, 0) is 4.79 Å². The number of anilines is 3. The molecule has 0 fully saturated rings. The average molecular weight is 412 g/mol. The Morgan fingerprint density at radius 1 is 1.03 bits per heavy atom. The lowest BCUT2D eigenvalue weighted by atomic mass is 10.2. The number of carbonyl (C=O) groups is 1. The summed E-state index contributed by atoms with van der Waals surface area (Å²) in [4.78, 5) is 20.6. The van der Waals surface area contributed by atoms with Crippen molar-refractivity contribution in [2.45, 2.75) is 0 Å². The first-order valence-corrected chi connectivity index (χ1v) is 9.52. The molecule has 0 aliphatic rings. The summed E-state index contributed by atoms with van der Waals surface area (Å²) < 4.78 is 6.78. The Bertz CT molecular complexity index is 1170. The van der Waals surface area contributed by atoms with Crippen molar-refractivity contribution in [3.63, 3.8) is 0 Å². The zero-order chi connectivity index (χ0) is 21.5. The van der Waals surface area contributed by atoms with Gasteiger partial charge in [-0.2, -0.15) is 5.10 Å². The normalized spacial score (nSPS) is 10.7. The van der Waals surface area contributed by atoms with Gasteiger partial charge in [0.1, 0.15) is 17.9 Å². The van der Waals surface area contributed by atoms with Crippen LogP contribution in [0.3, 0.4) is 0 Å². The first kappa shape index (κ1) is 19.8. The van der Waals surface area contributed by atoms with Gasteiger partial charge in [0.05, 0.1) is 7.11 Å². The minimum absolute atomic E-state index is 0.212. The average Bonchev–Trinajstić information content (AvgIpc) is 3.35. The van der Waals surface area contributed by atoms with Crippen molar-refractivity contribution in [2.24, 2.45) is 0 Å². The molecule has 2 N–H and O–H groups in total. The second-order valence-electron chi connectivity index (χ2n) is 6.51. The zero-order valence-corrected chi connectivity index (χ0v) is 16.8. The standard InChI is InChI=1S/C23H20N6O2/c1-31-20-10-3-17(4-11-20)5-12-23(30)28-19-8-6-18(7-9-19)27-21-15-22(25-16-24-21)29-14-2-13-26-29/h2-16H,1H3,(H,28,30)(H,24,25,27)/b12-5+. The number of amides is 1. The second kappa shape index (κ2) is 9.36. The first-order valence-electron chi connectivity index (χ1n) is 9.52. The number of hydrogen-bond donors (Lipinski definition) is 2. The Kier molecular flexibility index (Phi) is 5.99. The van der Waals surface area contributed by atoms with E-state index in [9.17, 15) is 4.79 Å². The van der Waals surface area contributed by atoms with Crippen LogP contribution in [-0.4, -0.2) is 32.8 Å². The SMILES string of the molecule is COc1ccc(/C=C/C(=O)Nc2ccc(Nc3cc(-n4cccn4)ncn3)cc2)cc1. The maximum Gasteiger partial charge on any atom is 0.248 e. The number of carbonyl (C=O) groups excluding carboxylic acids is 1. The summed E-state index contributed by atoms with van der Waals surface area (Å²) in [6.07, 6.45) is 8.22. The van der Waals surface area contributed by atoms with Crippen molar-refractivity contribution < 1.29 is 9.53 Å². The van der Waals surface area contributed by atoms with Gasteiger partial charge in [-0.15, -0.1) is 0 Å². The van der Waals surface area contributed by atoms with Gasteiger partial charge in [0, 0.05) is 35.9 Å². The molecule has 2 aromatic carbocycles. The van der Waals surface area contributed by atoms with Gasteiger partial charge in [-0.05, 0) is 54.1 Å². The molecule has 154 valence electrons. The van der Waals surface area contributed by atoms with Crippen LogP contribution in [0.4, 0.5) is 17.2 Å².